The van der Waals surface area contributed by atoms with E-state index in [1.807, 2.05) is 0 Å². The minimum absolute atomic E-state index is 0.356. The van der Waals surface area contributed by atoms with Crippen LogP contribution in [0.3, 0.4) is 0 Å². The molecule has 0 aliphatic carbocycles. The van der Waals surface area contributed by atoms with Gasteiger partial charge in [0.15, 0.2) is 0 Å². The summed E-state index contributed by atoms with van der Waals surface area (Å²) in [6, 6.07) is 8.32. The Morgan fingerprint density at radius 1 is 1.00 bits per heavy atom. The van der Waals surface area contributed by atoms with Crippen LogP contribution in [0.4, 0.5) is 5.69 Å². The van der Waals surface area contributed by atoms with E-state index >= 15 is 0 Å². The van der Waals surface area contributed by atoms with E-state index < -0.39 is 10.0 Å². The molecule has 0 radical (unpaired) electrons. The highest BCUT2D eigenvalue weighted by Crippen LogP contribution is 2.08. The fourth-order valence-electron chi connectivity index (χ4n) is 1.71. The lowest BCUT2D eigenvalue weighted by atomic mass is 10.2. The van der Waals surface area contributed by atoms with Gasteiger partial charge in [0.1, 0.15) is 0 Å². The lowest BCUT2D eigenvalue weighted by molar-refractivity contribution is 0.566. The van der Waals surface area contributed by atoms with Crippen molar-refractivity contribution < 1.29 is 8.42 Å². The molecule has 2 N–H and O–H groups in total. The molecule has 0 fully saturated rings. The van der Waals surface area contributed by atoms with Gasteiger partial charge in [-0.25, -0.2) is 13.1 Å². The van der Waals surface area contributed by atoms with Crippen LogP contribution in [0.2, 0.25) is 0 Å². The number of hydrogen-bond donors (Lipinski definition) is 2. The van der Waals surface area contributed by atoms with Crippen LogP contribution in [0, 0.1) is 6.92 Å². The van der Waals surface area contributed by atoms with E-state index in [0.29, 0.717) is 6.54 Å². The standard InChI is InChI=1S/C15H26N2O2S/c1-13(2)20(18,19)17-12-6-4-5-11-16-15-9-7-14(3)8-10-15/h7-10,13,16-17H,4-6,11-12H2,1-3H3. The van der Waals surface area contributed by atoms with Crippen LogP contribution < -0.4 is 10.0 Å². The Labute approximate surface area is 123 Å². The highest BCUT2D eigenvalue weighted by molar-refractivity contribution is 7.90. The normalized spacial score (nSPS) is 11.8. The third-order valence-corrected chi connectivity index (χ3v) is 5.01. The second-order valence-corrected chi connectivity index (χ2v) is 7.66. The number of hydrogen-bond acceptors (Lipinski definition) is 3. The summed E-state index contributed by atoms with van der Waals surface area (Å²) >= 11 is 0. The Kier molecular flexibility index (Phi) is 7.02. The summed E-state index contributed by atoms with van der Waals surface area (Å²) in [7, 11) is -3.10. The largest absolute Gasteiger partial charge is 0.385 e. The van der Waals surface area contributed by atoms with E-state index in [1.54, 1.807) is 13.8 Å². The van der Waals surface area contributed by atoms with Crippen LogP contribution in [0.15, 0.2) is 24.3 Å². The number of rotatable bonds is 9. The molecule has 5 heteroatoms. The predicted molar refractivity (Wildman–Crippen MR) is 85.6 cm³/mol. The molecule has 0 saturated heterocycles. The molecule has 20 heavy (non-hydrogen) atoms. The monoisotopic (exact) mass is 298 g/mol. The molecular weight excluding hydrogens is 272 g/mol. The number of nitrogens with one attached hydrogen (secondary N) is 2. The fourth-order valence-corrected chi connectivity index (χ4v) is 2.47. The molecule has 0 atom stereocenters. The zero-order chi connectivity index (χ0) is 15.0. The first kappa shape index (κ1) is 17.0. The molecule has 0 aromatic heterocycles. The first-order valence-corrected chi connectivity index (χ1v) is 8.75. The zero-order valence-corrected chi connectivity index (χ0v) is 13.5. The summed E-state index contributed by atoms with van der Waals surface area (Å²) < 4.78 is 25.6. The maximum absolute atomic E-state index is 11.5. The first-order chi connectivity index (χ1) is 9.42. The number of anilines is 1. The molecule has 0 bridgehead atoms. The molecule has 1 aromatic carbocycles. The van der Waals surface area contributed by atoms with Gasteiger partial charge in [-0.1, -0.05) is 24.1 Å². The van der Waals surface area contributed by atoms with E-state index in [1.165, 1.54) is 5.56 Å². The third kappa shape index (κ3) is 6.39. The highest BCUT2D eigenvalue weighted by atomic mass is 32.2. The summed E-state index contributed by atoms with van der Waals surface area (Å²) in [4.78, 5) is 0. The van der Waals surface area contributed by atoms with Crippen LogP contribution in [-0.2, 0) is 10.0 Å². The molecule has 1 rings (SSSR count). The van der Waals surface area contributed by atoms with Gasteiger partial charge in [0.2, 0.25) is 10.0 Å². The average Bonchev–Trinajstić information content (AvgIpc) is 2.39. The predicted octanol–water partition coefficient (Wildman–Crippen LogP) is 2.91. The van der Waals surface area contributed by atoms with E-state index in [2.05, 4.69) is 41.2 Å². The van der Waals surface area contributed by atoms with Crippen molar-refractivity contribution in [2.24, 2.45) is 0 Å². The molecule has 0 amide bonds. The number of aryl methyl sites for hydroxylation is 1. The maximum Gasteiger partial charge on any atom is 0.213 e. The van der Waals surface area contributed by atoms with Gasteiger partial charge in [-0.2, -0.15) is 0 Å². The molecule has 0 aliphatic heterocycles. The van der Waals surface area contributed by atoms with E-state index in [0.717, 1.165) is 31.5 Å². The Morgan fingerprint density at radius 3 is 2.20 bits per heavy atom. The Morgan fingerprint density at radius 2 is 1.60 bits per heavy atom. The van der Waals surface area contributed by atoms with Crippen molar-refractivity contribution in [3.8, 4) is 0 Å². The van der Waals surface area contributed by atoms with Gasteiger partial charge in [-0.15, -0.1) is 0 Å². The quantitative estimate of drug-likeness (QED) is 0.689. The second-order valence-electron chi connectivity index (χ2n) is 5.34. The molecule has 0 unspecified atom stereocenters. The Hall–Kier alpha value is -1.07. The topological polar surface area (TPSA) is 58.2 Å². The summed E-state index contributed by atoms with van der Waals surface area (Å²) in [5.74, 6) is 0. The third-order valence-electron chi connectivity index (χ3n) is 3.16. The van der Waals surface area contributed by atoms with Gasteiger partial charge in [-0.3, -0.25) is 0 Å². The van der Waals surface area contributed by atoms with Crippen molar-refractivity contribution in [3.05, 3.63) is 29.8 Å². The van der Waals surface area contributed by atoms with Crippen molar-refractivity contribution in [1.29, 1.82) is 0 Å². The van der Waals surface area contributed by atoms with Gasteiger partial charge in [0, 0.05) is 18.8 Å². The highest BCUT2D eigenvalue weighted by Gasteiger charge is 2.13. The SMILES string of the molecule is Cc1ccc(NCCCCCNS(=O)(=O)C(C)C)cc1. The summed E-state index contributed by atoms with van der Waals surface area (Å²) in [5, 5.41) is 3.00. The van der Waals surface area contributed by atoms with E-state index in [4.69, 9.17) is 0 Å². The number of unbranched alkanes of at least 4 members (excludes halogenated alkanes) is 2. The zero-order valence-electron chi connectivity index (χ0n) is 12.6. The molecule has 0 saturated carbocycles. The number of benzene rings is 1. The van der Waals surface area contributed by atoms with E-state index in [9.17, 15) is 8.42 Å². The lowest BCUT2D eigenvalue weighted by Gasteiger charge is -2.09. The van der Waals surface area contributed by atoms with Crippen LogP contribution in [0.1, 0.15) is 38.7 Å². The van der Waals surface area contributed by atoms with Crippen LogP contribution >= 0.6 is 0 Å². The van der Waals surface area contributed by atoms with Crippen molar-refractivity contribution in [2.45, 2.75) is 45.3 Å². The summed E-state index contributed by atoms with van der Waals surface area (Å²) in [6.07, 6.45) is 2.93. The van der Waals surface area contributed by atoms with Gasteiger partial charge >= 0.3 is 0 Å². The Balaban J connectivity index is 2.07. The Bertz CT molecular complexity index is 481. The van der Waals surface area contributed by atoms with Crippen molar-refractivity contribution in [3.63, 3.8) is 0 Å². The molecule has 114 valence electrons. The van der Waals surface area contributed by atoms with Crippen LogP contribution in [-0.4, -0.2) is 26.8 Å². The van der Waals surface area contributed by atoms with Crippen molar-refractivity contribution >= 4 is 15.7 Å². The molecule has 0 spiro atoms. The average molecular weight is 298 g/mol. The molecular formula is C15H26N2O2S. The van der Waals surface area contributed by atoms with Crippen molar-refractivity contribution in [1.82, 2.24) is 4.72 Å². The first-order valence-electron chi connectivity index (χ1n) is 7.21. The number of sulfonamides is 1. The van der Waals surface area contributed by atoms with Gasteiger partial charge in [0.05, 0.1) is 5.25 Å². The van der Waals surface area contributed by atoms with Gasteiger partial charge < -0.3 is 5.32 Å². The molecule has 4 nitrogen and oxygen atoms in total. The van der Waals surface area contributed by atoms with E-state index in [-0.39, 0.29) is 5.25 Å². The van der Waals surface area contributed by atoms with Crippen LogP contribution in [0.25, 0.3) is 0 Å². The molecule has 0 aliphatic rings. The van der Waals surface area contributed by atoms with Crippen LogP contribution in [0.5, 0.6) is 0 Å². The summed E-state index contributed by atoms with van der Waals surface area (Å²) in [5.41, 5.74) is 2.39. The minimum Gasteiger partial charge on any atom is -0.385 e. The molecule has 0 heterocycles. The lowest BCUT2D eigenvalue weighted by Crippen LogP contribution is -2.31. The second kappa shape index (κ2) is 8.27. The molecule has 1 aromatic rings. The minimum atomic E-state index is -3.10. The fraction of sp³-hybridized carbons (Fsp3) is 0.600. The smallest absolute Gasteiger partial charge is 0.213 e. The van der Waals surface area contributed by atoms with Gasteiger partial charge in [-0.05, 0) is 45.7 Å². The summed E-state index contributed by atoms with van der Waals surface area (Å²) in [6.45, 7) is 6.90. The van der Waals surface area contributed by atoms with Gasteiger partial charge in [0.25, 0.3) is 0 Å². The van der Waals surface area contributed by atoms with Crippen molar-refractivity contribution in [2.75, 3.05) is 18.4 Å². The maximum atomic E-state index is 11.5.